The Morgan fingerprint density at radius 3 is 1.27 bits per heavy atom. The van der Waals surface area contributed by atoms with Crippen LogP contribution in [0.3, 0.4) is 0 Å². The van der Waals surface area contributed by atoms with Crippen LogP contribution >= 0.6 is 12.2 Å². The minimum absolute atomic E-state index is 0.0000929. The molecule has 8 heteroatoms. The molecule has 0 aromatic rings. The quantitative estimate of drug-likeness (QED) is 0.0289. The summed E-state index contributed by atoms with van der Waals surface area (Å²) in [6.07, 6.45) is 41.1. The highest BCUT2D eigenvalue weighted by molar-refractivity contribution is 7.80. The van der Waals surface area contributed by atoms with Crippen LogP contribution in [0.4, 0.5) is 0 Å². The van der Waals surface area contributed by atoms with Crippen LogP contribution in [0.2, 0.25) is 0 Å². The maximum atomic E-state index is 12.5. The molecule has 0 spiro atoms. The summed E-state index contributed by atoms with van der Waals surface area (Å²) in [6, 6.07) is 0. The molecule has 0 aliphatic rings. The van der Waals surface area contributed by atoms with Crippen molar-refractivity contribution in [1.29, 1.82) is 0 Å². The number of carbonyl (C=O) groups is 2. The van der Waals surface area contributed by atoms with Crippen molar-refractivity contribution >= 4 is 29.3 Å². The number of esters is 2. The van der Waals surface area contributed by atoms with Gasteiger partial charge in [0, 0.05) is 25.9 Å². The van der Waals surface area contributed by atoms with Crippen molar-refractivity contribution in [2.45, 2.75) is 200 Å². The normalized spacial score (nSPS) is 11.7. The molecule has 0 aliphatic heterocycles. The smallest absolute Gasteiger partial charge is 0.305 e. The molecule has 0 atom stereocenters. The third kappa shape index (κ3) is 39.3. The van der Waals surface area contributed by atoms with Crippen molar-refractivity contribution in [3.8, 4) is 0 Å². The number of hydrogen-bond acceptors (Lipinski definition) is 7. The van der Waals surface area contributed by atoms with E-state index in [1.165, 1.54) is 116 Å². The Labute approximate surface area is 326 Å². The van der Waals surface area contributed by atoms with Gasteiger partial charge in [0.1, 0.15) is 13.2 Å². The number of thiocarbonyl (C=S) groups is 1. The van der Waals surface area contributed by atoms with E-state index < -0.39 is 6.10 Å². The highest BCUT2D eigenvalue weighted by Gasteiger charge is 2.18. The number of nitrogens with one attached hydrogen (secondary N) is 1. The van der Waals surface area contributed by atoms with Crippen molar-refractivity contribution in [3.63, 3.8) is 0 Å². The summed E-state index contributed by atoms with van der Waals surface area (Å²) < 4.78 is 16.9. The van der Waals surface area contributed by atoms with Crippen LogP contribution in [0, 0.1) is 0 Å². The molecule has 0 unspecified atom stereocenters. The van der Waals surface area contributed by atoms with Crippen molar-refractivity contribution in [2.24, 2.45) is 0 Å². The van der Waals surface area contributed by atoms with E-state index >= 15 is 0 Å². The summed E-state index contributed by atoms with van der Waals surface area (Å²) in [4.78, 5) is 27.0. The average Bonchev–Trinajstić information content (AvgIpc) is 3.12. The molecule has 52 heavy (non-hydrogen) atoms. The zero-order chi connectivity index (χ0) is 38.2. The van der Waals surface area contributed by atoms with E-state index in [2.05, 4.69) is 43.5 Å². The van der Waals surface area contributed by atoms with Crippen LogP contribution in [-0.4, -0.2) is 68.5 Å². The van der Waals surface area contributed by atoms with Crippen molar-refractivity contribution in [2.75, 3.05) is 40.4 Å². The Morgan fingerprint density at radius 2 is 0.904 bits per heavy atom. The number of carbonyl (C=O) groups excluding carboxylic acids is 2. The van der Waals surface area contributed by atoms with E-state index in [9.17, 15) is 9.59 Å². The summed E-state index contributed by atoms with van der Waals surface area (Å²) in [6.45, 7) is 5.95. The maximum absolute atomic E-state index is 12.5. The van der Waals surface area contributed by atoms with Gasteiger partial charge in [0.05, 0.1) is 0 Å². The molecule has 0 saturated heterocycles. The molecule has 0 aromatic carbocycles. The Kier molecular flexibility index (Phi) is 38.8. The zero-order valence-corrected chi connectivity index (χ0v) is 35.2. The molecule has 0 rings (SSSR count). The largest absolute Gasteiger partial charge is 0.462 e. The van der Waals surface area contributed by atoms with E-state index in [1.54, 1.807) is 0 Å². The van der Waals surface area contributed by atoms with Crippen molar-refractivity contribution in [1.82, 2.24) is 10.2 Å². The Balaban J connectivity index is 4.15. The Hall–Kier alpha value is -1.93. The lowest BCUT2D eigenvalue weighted by molar-refractivity contribution is -0.151. The van der Waals surface area contributed by atoms with E-state index in [1.807, 2.05) is 19.0 Å². The molecule has 7 nitrogen and oxygen atoms in total. The summed E-state index contributed by atoms with van der Waals surface area (Å²) in [5.41, 5.74) is 0. The number of likely N-dealkylation sites (N-methyl/N-ethyl adjacent to an activating group) is 1. The Morgan fingerprint density at radius 1 is 0.558 bits per heavy atom. The van der Waals surface area contributed by atoms with Gasteiger partial charge < -0.3 is 24.4 Å². The molecular weight excluding hydrogens is 669 g/mol. The predicted octanol–water partition coefficient (Wildman–Crippen LogP) is 12.0. The summed E-state index contributed by atoms with van der Waals surface area (Å²) in [5.74, 6) is -0.505. The molecule has 0 amide bonds. The first-order chi connectivity index (χ1) is 25.4. The van der Waals surface area contributed by atoms with Gasteiger partial charge in [0.15, 0.2) is 6.10 Å². The first-order valence-corrected chi connectivity index (χ1v) is 22.0. The summed E-state index contributed by atoms with van der Waals surface area (Å²) >= 11 is 5.35. The highest BCUT2D eigenvalue weighted by Crippen LogP contribution is 2.12. The van der Waals surface area contributed by atoms with Crippen LogP contribution < -0.4 is 5.32 Å². The van der Waals surface area contributed by atoms with Crippen LogP contribution in [0.15, 0.2) is 24.3 Å². The molecule has 0 saturated carbocycles. The average molecular weight is 751 g/mol. The zero-order valence-electron chi connectivity index (χ0n) is 34.4. The number of nitrogens with zero attached hydrogens (tertiary/aromatic N) is 1. The molecule has 0 aliphatic carbocycles. The lowest BCUT2D eigenvalue weighted by Gasteiger charge is -2.20. The topological polar surface area (TPSA) is 77.1 Å². The van der Waals surface area contributed by atoms with Gasteiger partial charge in [-0.25, -0.2) is 0 Å². The lowest BCUT2D eigenvalue weighted by atomic mass is 10.1. The number of allylic oxidation sites excluding steroid dienone is 4. The van der Waals surface area contributed by atoms with Crippen molar-refractivity contribution < 1.29 is 23.8 Å². The van der Waals surface area contributed by atoms with Crippen LogP contribution in [0.1, 0.15) is 194 Å². The fourth-order valence-electron chi connectivity index (χ4n) is 5.89. The summed E-state index contributed by atoms with van der Waals surface area (Å²) in [7, 11) is 3.97. The molecule has 0 fully saturated rings. The second-order valence-electron chi connectivity index (χ2n) is 14.8. The third-order valence-electron chi connectivity index (χ3n) is 9.25. The minimum Gasteiger partial charge on any atom is -0.462 e. The van der Waals surface area contributed by atoms with Gasteiger partial charge in [0.25, 0.3) is 5.17 Å². The summed E-state index contributed by atoms with van der Waals surface area (Å²) in [5, 5.41) is 3.28. The van der Waals surface area contributed by atoms with Crippen LogP contribution in [0.25, 0.3) is 0 Å². The number of ether oxygens (including phenoxy) is 3. The number of hydrogen-bond donors (Lipinski definition) is 1. The highest BCUT2D eigenvalue weighted by atomic mass is 32.1. The second kappa shape index (κ2) is 40.3. The lowest BCUT2D eigenvalue weighted by Crippen LogP contribution is -2.37. The minimum atomic E-state index is -0.643. The van der Waals surface area contributed by atoms with Crippen LogP contribution in [0.5, 0.6) is 0 Å². The van der Waals surface area contributed by atoms with Gasteiger partial charge in [0.2, 0.25) is 0 Å². The van der Waals surface area contributed by atoms with E-state index in [0.717, 1.165) is 57.9 Å². The number of rotatable bonds is 38. The van der Waals surface area contributed by atoms with Gasteiger partial charge in [-0.3, -0.25) is 9.59 Å². The first kappa shape index (κ1) is 50.1. The fourth-order valence-corrected chi connectivity index (χ4v) is 6.13. The van der Waals surface area contributed by atoms with E-state index in [-0.39, 0.29) is 30.3 Å². The fraction of sp³-hybridized carbons (Fsp3) is 0.841. The van der Waals surface area contributed by atoms with Crippen molar-refractivity contribution in [3.05, 3.63) is 24.3 Å². The van der Waals surface area contributed by atoms with Gasteiger partial charge in [-0.05, 0) is 90.5 Å². The standard InChI is InChI=1S/C44H82N2O5S/c1-5-7-9-11-13-15-17-19-21-23-25-27-29-31-33-35-42(47)49-39-41(51-44(52)45-37-38-46(3)4)40-50-43(48)36-34-32-30-28-26-24-22-20-18-16-14-12-10-8-6-2/h19-22,41H,5-18,23-40H2,1-4H3,(H,45,52)/b21-19-,22-20-. The SMILES string of the molecule is CCCCCCCC/C=C\CCCCCCCC(=O)OCC(COC(=O)CCCCCCC/C=C\CCCCCCCC)OC(=S)NCCN(C)C. The predicted molar refractivity (Wildman–Crippen MR) is 225 cm³/mol. The second-order valence-corrected chi connectivity index (χ2v) is 15.2. The van der Waals surface area contributed by atoms with Gasteiger partial charge in [-0.2, -0.15) is 0 Å². The Bertz CT molecular complexity index is 823. The first-order valence-electron chi connectivity index (χ1n) is 21.6. The molecule has 0 heterocycles. The monoisotopic (exact) mass is 751 g/mol. The van der Waals surface area contributed by atoms with E-state index in [4.69, 9.17) is 26.4 Å². The number of unbranched alkanes of at least 4 members (excludes halogenated alkanes) is 22. The van der Waals surface area contributed by atoms with E-state index in [0.29, 0.717) is 19.4 Å². The third-order valence-corrected chi connectivity index (χ3v) is 9.49. The van der Waals surface area contributed by atoms with Gasteiger partial charge in [-0.15, -0.1) is 0 Å². The molecular formula is C44H82N2O5S. The molecule has 0 bridgehead atoms. The van der Waals surface area contributed by atoms with Gasteiger partial charge in [-0.1, -0.05) is 141 Å². The van der Waals surface area contributed by atoms with Gasteiger partial charge >= 0.3 is 11.9 Å². The molecule has 0 radical (unpaired) electrons. The van der Waals surface area contributed by atoms with Crippen LogP contribution in [-0.2, 0) is 23.8 Å². The molecule has 304 valence electrons. The maximum Gasteiger partial charge on any atom is 0.305 e. The molecule has 0 aromatic heterocycles. The molecule has 1 N–H and O–H groups in total.